The van der Waals surface area contributed by atoms with Gasteiger partial charge in [0, 0.05) is 26.2 Å². The zero-order valence-corrected chi connectivity index (χ0v) is 14.3. The van der Waals surface area contributed by atoms with Gasteiger partial charge in [0.05, 0.1) is 13.2 Å². The average molecular weight is 312 g/mol. The van der Waals surface area contributed by atoms with Gasteiger partial charge in [-0.1, -0.05) is 60.7 Å². The molecule has 0 N–H and O–H groups in total. The van der Waals surface area contributed by atoms with Gasteiger partial charge in [-0.15, -0.1) is 0 Å². The van der Waals surface area contributed by atoms with Crippen LogP contribution < -0.4 is 0 Å². The van der Waals surface area contributed by atoms with E-state index in [2.05, 4.69) is 84.6 Å². The minimum Gasteiger partial charge on any atom is -0.379 e. The maximum Gasteiger partial charge on any atom is 0.0594 e. The smallest absolute Gasteiger partial charge is 0.0594 e. The molecule has 0 aromatic heterocycles. The molecule has 3 heteroatoms. The molecule has 0 saturated carbocycles. The Morgan fingerprint density at radius 1 is 0.652 bits per heavy atom. The molecule has 0 radical (unpaired) electrons. The van der Waals surface area contributed by atoms with Gasteiger partial charge in [-0.25, -0.2) is 0 Å². The number of nitrogens with zero attached hydrogens (tertiary/aromatic N) is 2. The van der Waals surface area contributed by atoms with Gasteiger partial charge < -0.3 is 4.74 Å². The van der Waals surface area contributed by atoms with Crippen LogP contribution in [-0.2, 0) is 17.8 Å². The van der Waals surface area contributed by atoms with Crippen molar-refractivity contribution in [1.29, 1.82) is 0 Å². The molecular weight excluding hydrogens is 284 g/mol. The molecule has 0 unspecified atom stereocenters. The van der Waals surface area contributed by atoms with E-state index in [9.17, 15) is 0 Å². The van der Waals surface area contributed by atoms with Crippen molar-refractivity contribution in [3.05, 3.63) is 71.8 Å². The normalized spacial score (nSPS) is 11.3. The van der Waals surface area contributed by atoms with Gasteiger partial charge in [0.15, 0.2) is 0 Å². The predicted molar refractivity (Wildman–Crippen MR) is 96.4 cm³/mol. The van der Waals surface area contributed by atoms with Crippen molar-refractivity contribution in [2.75, 3.05) is 40.4 Å². The molecule has 0 aliphatic carbocycles. The molecule has 0 saturated heterocycles. The second-order valence-corrected chi connectivity index (χ2v) is 6.06. The van der Waals surface area contributed by atoms with Gasteiger partial charge in [0.2, 0.25) is 0 Å². The monoisotopic (exact) mass is 312 g/mol. The minimum atomic E-state index is 0.780. The standard InChI is InChI=1S/C20H28N2O/c1-21(17-19-9-5-3-6-10-19)13-15-23-16-14-22(2)18-20-11-7-4-8-12-20/h3-12H,13-18H2,1-2H3. The van der Waals surface area contributed by atoms with Crippen LogP contribution in [0.5, 0.6) is 0 Å². The van der Waals surface area contributed by atoms with Crippen molar-refractivity contribution in [2.45, 2.75) is 13.1 Å². The number of ether oxygens (including phenoxy) is 1. The van der Waals surface area contributed by atoms with Gasteiger partial charge in [0.1, 0.15) is 0 Å². The SMILES string of the molecule is CN(CCOCCN(C)Cc1ccccc1)Cc1ccccc1. The van der Waals surface area contributed by atoms with E-state index < -0.39 is 0 Å². The van der Waals surface area contributed by atoms with Crippen LogP contribution in [0.4, 0.5) is 0 Å². The van der Waals surface area contributed by atoms with Crippen molar-refractivity contribution in [2.24, 2.45) is 0 Å². The Morgan fingerprint density at radius 3 is 1.43 bits per heavy atom. The highest BCUT2D eigenvalue weighted by Crippen LogP contribution is 2.03. The highest BCUT2D eigenvalue weighted by Gasteiger charge is 2.02. The summed E-state index contributed by atoms with van der Waals surface area (Å²) in [5.41, 5.74) is 2.69. The maximum absolute atomic E-state index is 5.77. The fraction of sp³-hybridized carbons (Fsp3) is 0.400. The van der Waals surface area contributed by atoms with Crippen LogP contribution >= 0.6 is 0 Å². The molecule has 3 nitrogen and oxygen atoms in total. The first-order chi connectivity index (χ1) is 11.2. The van der Waals surface area contributed by atoms with Crippen LogP contribution in [0.3, 0.4) is 0 Å². The van der Waals surface area contributed by atoms with Crippen LogP contribution in [-0.4, -0.2) is 50.2 Å². The number of likely N-dealkylation sites (N-methyl/N-ethyl adjacent to an activating group) is 2. The number of rotatable bonds is 10. The molecule has 0 atom stereocenters. The summed E-state index contributed by atoms with van der Waals surface area (Å²) in [5.74, 6) is 0. The molecule has 124 valence electrons. The minimum absolute atomic E-state index is 0.780. The first-order valence-electron chi connectivity index (χ1n) is 8.27. The van der Waals surface area contributed by atoms with Crippen molar-refractivity contribution < 1.29 is 4.74 Å². The summed E-state index contributed by atoms with van der Waals surface area (Å²) >= 11 is 0. The highest BCUT2D eigenvalue weighted by atomic mass is 16.5. The molecule has 0 spiro atoms. The Morgan fingerprint density at radius 2 is 1.04 bits per heavy atom. The second-order valence-electron chi connectivity index (χ2n) is 6.06. The Balaban J connectivity index is 1.53. The maximum atomic E-state index is 5.77. The first-order valence-corrected chi connectivity index (χ1v) is 8.27. The first kappa shape index (κ1) is 17.7. The molecule has 23 heavy (non-hydrogen) atoms. The third-order valence-electron chi connectivity index (χ3n) is 3.83. The van der Waals surface area contributed by atoms with Gasteiger partial charge in [-0.05, 0) is 25.2 Å². The molecular formula is C20H28N2O. The summed E-state index contributed by atoms with van der Waals surface area (Å²) in [6, 6.07) is 21.1. The Bertz CT molecular complexity index is 480. The van der Waals surface area contributed by atoms with E-state index in [0.717, 1.165) is 39.4 Å². The van der Waals surface area contributed by atoms with Gasteiger partial charge in [-0.3, -0.25) is 9.80 Å². The topological polar surface area (TPSA) is 15.7 Å². The van der Waals surface area contributed by atoms with E-state index in [1.165, 1.54) is 11.1 Å². The number of hydrogen-bond acceptors (Lipinski definition) is 3. The van der Waals surface area contributed by atoms with E-state index in [0.29, 0.717) is 0 Å². The van der Waals surface area contributed by atoms with E-state index in [1.54, 1.807) is 0 Å². The van der Waals surface area contributed by atoms with Crippen LogP contribution in [0, 0.1) is 0 Å². The second kappa shape index (κ2) is 10.2. The van der Waals surface area contributed by atoms with E-state index in [-0.39, 0.29) is 0 Å². The van der Waals surface area contributed by atoms with E-state index >= 15 is 0 Å². The zero-order valence-electron chi connectivity index (χ0n) is 14.3. The molecule has 2 aromatic rings. The summed E-state index contributed by atoms with van der Waals surface area (Å²) in [5, 5.41) is 0. The van der Waals surface area contributed by atoms with Crippen molar-refractivity contribution in [3.8, 4) is 0 Å². The van der Waals surface area contributed by atoms with Crippen LogP contribution in [0.1, 0.15) is 11.1 Å². The van der Waals surface area contributed by atoms with Gasteiger partial charge in [0.25, 0.3) is 0 Å². The van der Waals surface area contributed by atoms with Crippen molar-refractivity contribution in [1.82, 2.24) is 9.80 Å². The lowest BCUT2D eigenvalue weighted by atomic mass is 10.2. The molecule has 0 heterocycles. The zero-order chi connectivity index (χ0) is 16.3. The summed E-state index contributed by atoms with van der Waals surface area (Å²) in [6.07, 6.45) is 0. The summed E-state index contributed by atoms with van der Waals surface area (Å²) in [4.78, 5) is 4.59. The van der Waals surface area contributed by atoms with Crippen LogP contribution in [0.15, 0.2) is 60.7 Å². The summed E-state index contributed by atoms with van der Waals surface area (Å²) in [7, 11) is 4.27. The Labute approximate surface area is 140 Å². The molecule has 0 amide bonds. The Hall–Kier alpha value is -1.68. The lowest BCUT2D eigenvalue weighted by molar-refractivity contribution is 0.0915. The van der Waals surface area contributed by atoms with Crippen molar-refractivity contribution >= 4 is 0 Å². The fourth-order valence-electron chi connectivity index (χ4n) is 2.49. The summed E-state index contributed by atoms with van der Waals surface area (Å²) < 4.78 is 5.77. The van der Waals surface area contributed by atoms with E-state index in [1.807, 2.05) is 0 Å². The molecule has 0 fully saturated rings. The van der Waals surface area contributed by atoms with Gasteiger partial charge >= 0.3 is 0 Å². The third kappa shape index (κ3) is 7.42. The fourth-order valence-corrected chi connectivity index (χ4v) is 2.49. The highest BCUT2D eigenvalue weighted by molar-refractivity contribution is 5.14. The lowest BCUT2D eigenvalue weighted by Gasteiger charge is -2.19. The summed E-state index contributed by atoms with van der Waals surface area (Å²) in [6.45, 7) is 5.41. The quantitative estimate of drug-likeness (QED) is 0.626. The van der Waals surface area contributed by atoms with Crippen molar-refractivity contribution in [3.63, 3.8) is 0 Å². The predicted octanol–water partition coefficient (Wildman–Crippen LogP) is 3.27. The molecule has 0 aliphatic heterocycles. The third-order valence-corrected chi connectivity index (χ3v) is 3.83. The van der Waals surface area contributed by atoms with E-state index in [4.69, 9.17) is 4.74 Å². The largest absolute Gasteiger partial charge is 0.379 e. The number of hydrogen-bond donors (Lipinski definition) is 0. The molecule has 2 rings (SSSR count). The lowest BCUT2D eigenvalue weighted by Crippen LogP contribution is -2.26. The van der Waals surface area contributed by atoms with Crippen LogP contribution in [0.25, 0.3) is 0 Å². The molecule has 2 aromatic carbocycles. The van der Waals surface area contributed by atoms with Crippen LogP contribution in [0.2, 0.25) is 0 Å². The average Bonchev–Trinajstić information content (AvgIpc) is 2.56. The molecule has 0 aliphatic rings. The number of benzene rings is 2. The molecule has 0 bridgehead atoms. The van der Waals surface area contributed by atoms with Gasteiger partial charge in [-0.2, -0.15) is 0 Å². The Kier molecular flexibility index (Phi) is 7.81.